The standard InChI is InChI=1S/C21H24N2/c22-16-9-2-1-6-14-21-20-13-8-7-10-18(20)15-17-23(21)19-11-4-3-5-12-19/h3-5,7-8,10-13,21H,1-2,6,9,14-15,17H2/t21-/m0/s1. The van der Waals surface area contributed by atoms with E-state index in [0.717, 1.165) is 32.2 Å². The molecule has 1 aliphatic heterocycles. The Kier molecular flexibility index (Phi) is 5.32. The molecule has 0 radical (unpaired) electrons. The van der Waals surface area contributed by atoms with Crippen molar-refractivity contribution in [3.05, 3.63) is 65.7 Å². The first-order valence-corrected chi connectivity index (χ1v) is 8.66. The van der Waals surface area contributed by atoms with Crippen LogP contribution in [0, 0.1) is 11.3 Å². The predicted molar refractivity (Wildman–Crippen MR) is 95.4 cm³/mol. The molecule has 118 valence electrons. The van der Waals surface area contributed by atoms with Crippen LogP contribution < -0.4 is 4.90 Å². The molecule has 23 heavy (non-hydrogen) atoms. The molecular weight excluding hydrogens is 280 g/mol. The number of para-hydroxylation sites is 1. The Hall–Kier alpha value is -2.27. The Bertz CT molecular complexity index is 657. The van der Waals surface area contributed by atoms with Gasteiger partial charge in [0.05, 0.1) is 12.1 Å². The van der Waals surface area contributed by atoms with Gasteiger partial charge in [0.1, 0.15) is 0 Å². The van der Waals surface area contributed by atoms with E-state index < -0.39 is 0 Å². The molecule has 2 heteroatoms. The summed E-state index contributed by atoms with van der Waals surface area (Å²) < 4.78 is 0. The van der Waals surface area contributed by atoms with Gasteiger partial charge in [-0.2, -0.15) is 5.26 Å². The second-order valence-corrected chi connectivity index (χ2v) is 6.25. The topological polar surface area (TPSA) is 27.0 Å². The first kappa shape index (κ1) is 15.6. The van der Waals surface area contributed by atoms with Crippen molar-refractivity contribution in [2.24, 2.45) is 0 Å². The maximum atomic E-state index is 8.68. The van der Waals surface area contributed by atoms with Crippen LogP contribution in [0.25, 0.3) is 0 Å². The van der Waals surface area contributed by atoms with E-state index in [1.807, 2.05) is 0 Å². The highest BCUT2D eigenvalue weighted by Gasteiger charge is 2.26. The molecule has 0 bridgehead atoms. The number of hydrogen-bond donors (Lipinski definition) is 0. The van der Waals surface area contributed by atoms with Gasteiger partial charge in [-0.05, 0) is 42.5 Å². The molecule has 0 saturated carbocycles. The van der Waals surface area contributed by atoms with E-state index in [9.17, 15) is 0 Å². The van der Waals surface area contributed by atoms with Crippen LogP contribution in [0.3, 0.4) is 0 Å². The minimum absolute atomic E-state index is 0.462. The van der Waals surface area contributed by atoms with Gasteiger partial charge < -0.3 is 4.90 Å². The number of anilines is 1. The number of fused-ring (bicyclic) bond motifs is 1. The van der Waals surface area contributed by atoms with Crippen LogP contribution in [-0.2, 0) is 6.42 Å². The molecule has 0 spiro atoms. The lowest BCUT2D eigenvalue weighted by Gasteiger charge is -2.39. The fourth-order valence-electron chi connectivity index (χ4n) is 3.61. The summed E-state index contributed by atoms with van der Waals surface area (Å²) in [6.45, 7) is 1.09. The van der Waals surface area contributed by atoms with Crippen LogP contribution in [0.15, 0.2) is 54.6 Å². The lowest BCUT2D eigenvalue weighted by atomic mass is 9.89. The van der Waals surface area contributed by atoms with Gasteiger partial charge in [0.25, 0.3) is 0 Å². The minimum atomic E-state index is 0.462. The molecule has 1 heterocycles. The molecule has 0 aliphatic carbocycles. The van der Waals surface area contributed by atoms with Gasteiger partial charge >= 0.3 is 0 Å². The minimum Gasteiger partial charge on any atom is -0.364 e. The first-order chi connectivity index (χ1) is 11.4. The van der Waals surface area contributed by atoms with Crippen LogP contribution in [0.2, 0.25) is 0 Å². The van der Waals surface area contributed by atoms with Crippen molar-refractivity contribution in [3.8, 4) is 6.07 Å². The predicted octanol–water partition coefficient (Wildman–Crippen LogP) is 5.26. The highest BCUT2D eigenvalue weighted by molar-refractivity contribution is 5.52. The molecule has 0 fully saturated rings. The molecule has 0 N–H and O–H groups in total. The number of nitrogens with zero attached hydrogens (tertiary/aromatic N) is 2. The van der Waals surface area contributed by atoms with E-state index in [0.29, 0.717) is 12.5 Å². The lowest BCUT2D eigenvalue weighted by Crippen LogP contribution is -2.35. The fraction of sp³-hybridized carbons (Fsp3) is 0.381. The largest absolute Gasteiger partial charge is 0.364 e. The second-order valence-electron chi connectivity index (χ2n) is 6.25. The molecule has 1 aliphatic rings. The van der Waals surface area contributed by atoms with Gasteiger partial charge in [0.2, 0.25) is 0 Å². The van der Waals surface area contributed by atoms with Crippen LogP contribution in [0.4, 0.5) is 5.69 Å². The molecule has 3 rings (SSSR count). The summed E-state index contributed by atoms with van der Waals surface area (Å²) in [5.41, 5.74) is 4.31. The Morgan fingerprint density at radius 1 is 0.957 bits per heavy atom. The van der Waals surface area contributed by atoms with E-state index in [2.05, 4.69) is 65.6 Å². The molecule has 2 aromatic rings. The zero-order valence-corrected chi connectivity index (χ0v) is 13.6. The van der Waals surface area contributed by atoms with Crippen LogP contribution in [0.5, 0.6) is 0 Å². The van der Waals surface area contributed by atoms with Crippen molar-refractivity contribution in [2.75, 3.05) is 11.4 Å². The van der Waals surface area contributed by atoms with Crippen molar-refractivity contribution >= 4 is 5.69 Å². The molecule has 0 aromatic heterocycles. The van der Waals surface area contributed by atoms with Crippen molar-refractivity contribution in [1.29, 1.82) is 5.26 Å². The van der Waals surface area contributed by atoms with Gasteiger partial charge in [-0.3, -0.25) is 0 Å². The number of hydrogen-bond acceptors (Lipinski definition) is 2. The van der Waals surface area contributed by atoms with E-state index in [1.165, 1.54) is 23.2 Å². The molecule has 2 nitrogen and oxygen atoms in total. The molecular formula is C21H24N2. The van der Waals surface area contributed by atoms with Crippen molar-refractivity contribution in [3.63, 3.8) is 0 Å². The Morgan fingerprint density at radius 3 is 2.57 bits per heavy atom. The molecule has 2 aromatic carbocycles. The Morgan fingerprint density at radius 2 is 1.74 bits per heavy atom. The molecule has 0 saturated heterocycles. The smallest absolute Gasteiger partial charge is 0.0621 e. The van der Waals surface area contributed by atoms with E-state index >= 15 is 0 Å². The second kappa shape index (κ2) is 7.83. The summed E-state index contributed by atoms with van der Waals surface area (Å²) in [4.78, 5) is 2.56. The quantitative estimate of drug-likeness (QED) is 0.680. The van der Waals surface area contributed by atoms with Crippen LogP contribution in [-0.4, -0.2) is 6.54 Å². The maximum Gasteiger partial charge on any atom is 0.0621 e. The zero-order chi connectivity index (χ0) is 15.9. The normalized spacial score (nSPS) is 16.7. The van der Waals surface area contributed by atoms with Crippen LogP contribution in [0.1, 0.15) is 49.3 Å². The Balaban J connectivity index is 1.78. The fourth-order valence-corrected chi connectivity index (χ4v) is 3.61. The summed E-state index contributed by atoms with van der Waals surface area (Å²) >= 11 is 0. The number of rotatable bonds is 6. The summed E-state index contributed by atoms with van der Waals surface area (Å²) in [7, 11) is 0. The van der Waals surface area contributed by atoms with Gasteiger partial charge in [0, 0.05) is 18.7 Å². The summed E-state index contributed by atoms with van der Waals surface area (Å²) in [6.07, 6.45) is 6.33. The average Bonchev–Trinajstić information content (AvgIpc) is 2.62. The lowest BCUT2D eigenvalue weighted by molar-refractivity contribution is 0.509. The SMILES string of the molecule is N#CCCCCC[C@H]1c2ccccc2CCN1c1ccccc1. The van der Waals surface area contributed by atoms with E-state index in [1.54, 1.807) is 0 Å². The summed E-state index contributed by atoms with van der Waals surface area (Å²) in [5.74, 6) is 0. The third-order valence-corrected chi connectivity index (χ3v) is 4.77. The van der Waals surface area contributed by atoms with Gasteiger partial charge in [-0.1, -0.05) is 55.3 Å². The highest BCUT2D eigenvalue weighted by atomic mass is 15.2. The van der Waals surface area contributed by atoms with Crippen molar-refractivity contribution < 1.29 is 0 Å². The van der Waals surface area contributed by atoms with E-state index in [-0.39, 0.29) is 0 Å². The first-order valence-electron chi connectivity index (χ1n) is 8.66. The monoisotopic (exact) mass is 304 g/mol. The zero-order valence-electron chi connectivity index (χ0n) is 13.6. The van der Waals surface area contributed by atoms with Gasteiger partial charge in [0.15, 0.2) is 0 Å². The van der Waals surface area contributed by atoms with Crippen molar-refractivity contribution in [2.45, 2.75) is 44.6 Å². The average molecular weight is 304 g/mol. The van der Waals surface area contributed by atoms with Crippen LogP contribution >= 0.6 is 0 Å². The molecule has 0 unspecified atom stereocenters. The third-order valence-electron chi connectivity index (χ3n) is 4.77. The Labute approximate surface area is 139 Å². The van der Waals surface area contributed by atoms with E-state index in [4.69, 9.17) is 5.26 Å². The van der Waals surface area contributed by atoms with Crippen molar-refractivity contribution in [1.82, 2.24) is 0 Å². The van der Waals surface area contributed by atoms with Gasteiger partial charge in [-0.15, -0.1) is 0 Å². The maximum absolute atomic E-state index is 8.68. The number of nitriles is 1. The third kappa shape index (κ3) is 3.74. The number of benzene rings is 2. The highest BCUT2D eigenvalue weighted by Crippen LogP contribution is 2.36. The van der Waals surface area contributed by atoms with Gasteiger partial charge in [-0.25, -0.2) is 0 Å². The molecule has 1 atom stereocenters. The summed E-state index contributed by atoms with van der Waals surface area (Å²) in [6, 6.07) is 22.4. The summed E-state index contributed by atoms with van der Waals surface area (Å²) in [5, 5.41) is 8.68. The number of unbranched alkanes of at least 4 members (excludes halogenated alkanes) is 3. The molecule has 0 amide bonds.